The van der Waals surface area contributed by atoms with Crippen molar-refractivity contribution in [1.82, 2.24) is 4.98 Å². The standard InChI is InChI=1S/C28H29NO3/c1-5-17-10-12-19(32-23-13-11-18-8-6-7-9-22(18)29-23)16-20(17)24-25(30)21-14-15-28(4,26(24)31)27(21,2)3/h6-13,16,21,24H,5,14-15H2,1-4H3/t21-,24?,28+/m0/s1. The number of ether oxygens (including phenoxy) is 1. The van der Waals surface area contributed by atoms with Gasteiger partial charge in [0.2, 0.25) is 5.88 Å². The number of fused-ring (bicyclic) bond motifs is 3. The van der Waals surface area contributed by atoms with Crippen LogP contribution in [0.15, 0.2) is 54.6 Å². The first-order chi connectivity index (χ1) is 15.3. The maximum absolute atomic E-state index is 13.7. The van der Waals surface area contributed by atoms with Crippen molar-refractivity contribution in [2.24, 2.45) is 16.7 Å². The van der Waals surface area contributed by atoms with E-state index in [0.717, 1.165) is 41.3 Å². The van der Waals surface area contributed by atoms with Gasteiger partial charge in [0.15, 0.2) is 11.6 Å². The number of pyridine rings is 1. The first kappa shape index (κ1) is 20.9. The summed E-state index contributed by atoms with van der Waals surface area (Å²) >= 11 is 0. The van der Waals surface area contributed by atoms with Gasteiger partial charge in [0, 0.05) is 22.8 Å². The normalized spacial score (nSPS) is 26.5. The van der Waals surface area contributed by atoms with Gasteiger partial charge in [0.1, 0.15) is 11.7 Å². The van der Waals surface area contributed by atoms with Crippen LogP contribution in [0.25, 0.3) is 10.9 Å². The number of carbonyl (C=O) groups is 2. The number of aromatic nitrogens is 1. The lowest BCUT2D eigenvalue weighted by atomic mass is 9.54. The Morgan fingerprint density at radius 1 is 1.03 bits per heavy atom. The smallest absolute Gasteiger partial charge is 0.219 e. The topological polar surface area (TPSA) is 56.3 Å². The molecule has 0 N–H and O–H groups in total. The highest BCUT2D eigenvalue weighted by Crippen LogP contribution is 2.62. The summed E-state index contributed by atoms with van der Waals surface area (Å²) in [5.41, 5.74) is 1.91. The molecule has 2 aromatic carbocycles. The molecule has 2 aliphatic carbocycles. The lowest BCUT2D eigenvalue weighted by Crippen LogP contribution is -2.52. The molecule has 1 aromatic heterocycles. The highest BCUT2D eigenvalue weighted by molar-refractivity contribution is 6.14. The van der Waals surface area contributed by atoms with Crippen LogP contribution in [0.4, 0.5) is 0 Å². The Bertz CT molecular complexity index is 1240. The van der Waals surface area contributed by atoms with E-state index in [1.165, 1.54) is 0 Å². The Kier molecular flexibility index (Phi) is 4.74. The van der Waals surface area contributed by atoms with Gasteiger partial charge in [0.25, 0.3) is 0 Å². The Morgan fingerprint density at radius 3 is 2.59 bits per heavy atom. The van der Waals surface area contributed by atoms with E-state index in [9.17, 15) is 9.59 Å². The monoisotopic (exact) mass is 427 g/mol. The number of ketones is 2. The zero-order valence-electron chi connectivity index (χ0n) is 19.1. The van der Waals surface area contributed by atoms with Gasteiger partial charge in [-0.3, -0.25) is 9.59 Å². The minimum absolute atomic E-state index is 0.0666. The van der Waals surface area contributed by atoms with Gasteiger partial charge in [-0.05, 0) is 60.1 Å². The molecule has 1 unspecified atom stereocenters. The van der Waals surface area contributed by atoms with Crippen molar-refractivity contribution in [3.63, 3.8) is 0 Å². The average Bonchev–Trinajstić information content (AvgIpc) is 2.97. The fraction of sp³-hybridized carbons (Fsp3) is 0.393. The molecule has 4 nitrogen and oxygen atoms in total. The number of rotatable bonds is 4. The number of benzene rings is 2. The number of hydrogen-bond donors (Lipinski definition) is 0. The summed E-state index contributed by atoms with van der Waals surface area (Å²) in [6, 6.07) is 17.5. The molecular formula is C28H29NO3. The SMILES string of the molecule is CCc1ccc(Oc2ccc3ccccc3n2)cc1C1C(=O)[C@@H]2CC[C@](C)(C1=O)C2(C)C. The Labute approximate surface area is 189 Å². The van der Waals surface area contributed by atoms with Gasteiger partial charge < -0.3 is 4.74 Å². The van der Waals surface area contributed by atoms with E-state index >= 15 is 0 Å². The van der Waals surface area contributed by atoms with E-state index in [4.69, 9.17) is 4.74 Å². The largest absolute Gasteiger partial charge is 0.439 e. The molecule has 2 saturated carbocycles. The number of para-hydroxylation sites is 1. The van der Waals surface area contributed by atoms with E-state index in [-0.39, 0.29) is 22.9 Å². The molecule has 0 amide bonds. The zero-order chi connectivity index (χ0) is 22.7. The second-order valence-electron chi connectivity index (χ2n) is 10.0. The summed E-state index contributed by atoms with van der Waals surface area (Å²) in [5, 5.41) is 1.05. The first-order valence-corrected chi connectivity index (χ1v) is 11.5. The summed E-state index contributed by atoms with van der Waals surface area (Å²) in [5.74, 6) is 0.453. The van der Waals surface area contributed by atoms with Gasteiger partial charge >= 0.3 is 0 Å². The van der Waals surface area contributed by atoms with Crippen molar-refractivity contribution in [2.75, 3.05) is 0 Å². The summed E-state index contributed by atoms with van der Waals surface area (Å²) in [6.45, 7) is 8.28. The van der Waals surface area contributed by atoms with Gasteiger partial charge in [-0.2, -0.15) is 0 Å². The molecule has 2 aliphatic rings. The van der Waals surface area contributed by atoms with Crippen LogP contribution in [-0.2, 0) is 16.0 Å². The van der Waals surface area contributed by atoms with Crippen molar-refractivity contribution in [3.8, 4) is 11.6 Å². The lowest BCUT2D eigenvalue weighted by molar-refractivity contribution is -0.149. The van der Waals surface area contributed by atoms with Crippen LogP contribution < -0.4 is 4.74 Å². The zero-order valence-corrected chi connectivity index (χ0v) is 19.1. The molecule has 2 bridgehead atoms. The molecule has 0 spiro atoms. The Morgan fingerprint density at radius 2 is 1.81 bits per heavy atom. The Balaban J connectivity index is 1.54. The van der Waals surface area contributed by atoms with Crippen LogP contribution in [0.3, 0.4) is 0 Å². The molecule has 2 fully saturated rings. The third-order valence-electron chi connectivity index (χ3n) is 8.26. The van der Waals surface area contributed by atoms with E-state index in [1.807, 2.05) is 54.6 Å². The van der Waals surface area contributed by atoms with Gasteiger partial charge in [-0.25, -0.2) is 4.98 Å². The molecule has 32 heavy (non-hydrogen) atoms. The van der Waals surface area contributed by atoms with E-state index in [0.29, 0.717) is 11.6 Å². The van der Waals surface area contributed by atoms with Crippen molar-refractivity contribution < 1.29 is 14.3 Å². The summed E-state index contributed by atoms with van der Waals surface area (Å²) in [7, 11) is 0. The molecule has 3 aromatic rings. The first-order valence-electron chi connectivity index (χ1n) is 11.5. The number of aryl methyl sites for hydroxylation is 1. The van der Waals surface area contributed by atoms with Crippen molar-refractivity contribution in [1.29, 1.82) is 0 Å². The molecule has 0 saturated heterocycles. The fourth-order valence-electron chi connectivity index (χ4n) is 5.83. The maximum atomic E-state index is 13.7. The fourth-order valence-corrected chi connectivity index (χ4v) is 5.83. The van der Waals surface area contributed by atoms with E-state index in [1.54, 1.807) is 0 Å². The van der Waals surface area contributed by atoms with Crippen LogP contribution in [0.5, 0.6) is 11.6 Å². The summed E-state index contributed by atoms with van der Waals surface area (Å²) in [4.78, 5) is 31.9. The second-order valence-corrected chi connectivity index (χ2v) is 10.0. The molecule has 0 aliphatic heterocycles. The maximum Gasteiger partial charge on any atom is 0.219 e. The number of Topliss-reactive ketones (excluding diaryl/α,β-unsaturated/α-hetero) is 2. The van der Waals surface area contributed by atoms with Crippen LogP contribution in [0.1, 0.15) is 57.6 Å². The van der Waals surface area contributed by atoms with Crippen molar-refractivity contribution >= 4 is 22.5 Å². The third kappa shape index (κ3) is 2.92. The van der Waals surface area contributed by atoms with Gasteiger partial charge in [0.05, 0.1) is 5.52 Å². The predicted molar refractivity (Wildman–Crippen MR) is 125 cm³/mol. The minimum atomic E-state index is -0.705. The number of hydrogen-bond acceptors (Lipinski definition) is 4. The van der Waals surface area contributed by atoms with Crippen LogP contribution in [-0.4, -0.2) is 16.6 Å². The molecule has 5 rings (SSSR count). The summed E-state index contributed by atoms with van der Waals surface area (Å²) < 4.78 is 6.09. The van der Waals surface area contributed by atoms with Crippen LogP contribution in [0.2, 0.25) is 0 Å². The molecule has 4 heteroatoms. The highest BCUT2D eigenvalue weighted by atomic mass is 16.5. The highest BCUT2D eigenvalue weighted by Gasteiger charge is 2.64. The summed E-state index contributed by atoms with van der Waals surface area (Å²) in [6.07, 6.45) is 2.33. The van der Waals surface area contributed by atoms with E-state index in [2.05, 4.69) is 32.7 Å². The second kappa shape index (κ2) is 7.26. The predicted octanol–water partition coefficient (Wildman–Crippen LogP) is 6.27. The molecule has 164 valence electrons. The molecule has 0 radical (unpaired) electrons. The number of nitrogens with zero attached hydrogens (tertiary/aromatic N) is 1. The van der Waals surface area contributed by atoms with Crippen LogP contribution >= 0.6 is 0 Å². The van der Waals surface area contributed by atoms with Crippen LogP contribution in [0, 0.1) is 16.7 Å². The van der Waals surface area contributed by atoms with Crippen molar-refractivity contribution in [2.45, 2.75) is 52.9 Å². The molecule has 1 heterocycles. The van der Waals surface area contributed by atoms with Gasteiger partial charge in [-0.1, -0.05) is 52.0 Å². The van der Waals surface area contributed by atoms with Gasteiger partial charge in [-0.15, -0.1) is 0 Å². The van der Waals surface area contributed by atoms with E-state index < -0.39 is 11.3 Å². The quantitative estimate of drug-likeness (QED) is 0.461. The number of carbonyl (C=O) groups excluding carboxylic acids is 2. The van der Waals surface area contributed by atoms with Crippen molar-refractivity contribution in [3.05, 3.63) is 65.7 Å². The minimum Gasteiger partial charge on any atom is -0.439 e. The lowest BCUT2D eigenvalue weighted by Gasteiger charge is -2.46. The third-order valence-corrected chi connectivity index (χ3v) is 8.26. The molecule has 3 atom stereocenters. The average molecular weight is 428 g/mol. The molecular weight excluding hydrogens is 398 g/mol. The Hall–Kier alpha value is -3.01.